The molecule has 1 unspecified atom stereocenters. The fourth-order valence-corrected chi connectivity index (χ4v) is 0.900. The summed E-state index contributed by atoms with van der Waals surface area (Å²) >= 11 is 0. The van der Waals surface area contributed by atoms with E-state index in [9.17, 15) is 0 Å². The predicted molar refractivity (Wildman–Crippen MR) is 44.5 cm³/mol. The molecule has 68 valence electrons. The first kappa shape index (κ1) is 9.15. The molecular weight excluding hydrogens is 156 g/mol. The minimum absolute atomic E-state index is 0.130. The van der Waals surface area contributed by atoms with E-state index >= 15 is 0 Å². The lowest BCUT2D eigenvalue weighted by Crippen LogP contribution is -2.14. The molecule has 1 aromatic heterocycles. The molecule has 0 amide bonds. The van der Waals surface area contributed by atoms with Crippen LogP contribution in [0.1, 0.15) is 24.1 Å². The van der Waals surface area contributed by atoms with Gasteiger partial charge in [-0.3, -0.25) is 5.10 Å². The molecule has 1 rings (SSSR count). The number of nitrogens with zero attached hydrogens (tertiary/aromatic N) is 2. The molecule has 0 fully saturated rings. The number of nitrogens with two attached hydrogens (primary N) is 1. The number of nitrogens with one attached hydrogen (secondary N) is 1. The molecule has 0 bridgehead atoms. The van der Waals surface area contributed by atoms with Gasteiger partial charge in [-0.2, -0.15) is 5.10 Å². The van der Waals surface area contributed by atoms with Crippen LogP contribution in [0.2, 0.25) is 0 Å². The van der Waals surface area contributed by atoms with Crippen molar-refractivity contribution in [3.63, 3.8) is 0 Å². The van der Waals surface area contributed by atoms with Crippen molar-refractivity contribution >= 4 is 0 Å². The van der Waals surface area contributed by atoms with Gasteiger partial charge in [0.05, 0.1) is 6.04 Å². The molecule has 0 aliphatic carbocycles. The zero-order valence-corrected chi connectivity index (χ0v) is 7.37. The van der Waals surface area contributed by atoms with Gasteiger partial charge < -0.3 is 10.5 Å². The zero-order valence-electron chi connectivity index (χ0n) is 7.37. The molecular formula is C7H14N4O. The van der Waals surface area contributed by atoms with Gasteiger partial charge in [-0.25, -0.2) is 4.98 Å². The third-order valence-electron chi connectivity index (χ3n) is 1.58. The van der Waals surface area contributed by atoms with Crippen LogP contribution in [-0.4, -0.2) is 28.9 Å². The van der Waals surface area contributed by atoms with Crippen LogP contribution >= 0.6 is 0 Å². The van der Waals surface area contributed by atoms with Crippen LogP contribution in [-0.2, 0) is 4.74 Å². The SMILES string of the molecule is COCCC(N)c1n[nH]c(C)n1. The van der Waals surface area contributed by atoms with Crippen molar-refractivity contribution in [1.82, 2.24) is 15.2 Å². The number of hydrogen-bond acceptors (Lipinski definition) is 4. The van der Waals surface area contributed by atoms with Gasteiger partial charge in [0, 0.05) is 13.7 Å². The average Bonchev–Trinajstić information content (AvgIpc) is 2.47. The lowest BCUT2D eigenvalue weighted by atomic mass is 10.2. The van der Waals surface area contributed by atoms with Gasteiger partial charge in [-0.15, -0.1) is 0 Å². The topological polar surface area (TPSA) is 76.8 Å². The van der Waals surface area contributed by atoms with Crippen LogP contribution < -0.4 is 5.73 Å². The molecule has 0 aliphatic rings. The third kappa shape index (κ3) is 2.28. The van der Waals surface area contributed by atoms with Gasteiger partial charge in [-0.1, -0.05) is 0 Å². The van der Waals surface area contributed by atoms with Gasteiger partial charge >= 0.3 is 0 Å². The van der Waals surface area contributed by atoms with Crippen LogP contribution in [0.15, 0.2) is 0 Å². The van der Waals surface area contributed by atoms with Crippen molar-refractivity contribution in [1.29, 1.82) is 0 Å². The summed E-state index contributed by atoms with van der Waals surface area (Å²) in [4.78, 5) is 4.12. The Labute approximate surface area is 71.3 Å². The molecule has 0 spiro atoms. The second kappa shape index (κ2) is 4.18. The third-order valence-corrected chi connectivity index (χ3v) is 1.58. The number of aromatic amines is 1. The summed E-state index contributed by atoms with van der Waals surface area (Å²) in [5, 5.41) is 6.70. The first-order chi connectivity index (χ1) is 5.74. The summed E-state index contributed by atoms with van der Waals surface area (Å²) in [6, 6.07) is -0.130. The number of H-pyrrole nitrogens is 1. The molecule has 1 heterocycles. The van der Waals surface area contributed by atoms with E-state index in [1.165, 1.54) is 0 Å². The van der Waals surface area contributed by atoms with Crippen molar-refractivity contribution in [2.24, 2.45) is 5.73 Å². The van der Waals surface area contributed by atoms with E-state index in [-0.39, 0.29) is 6.04 Å². The summed E-state index contributed by atoms with van der Waals surface area (Å²) in [7, 11) is 1.65. The Morgan fingerprint density at radius 2 is 2.42 bits per heavy atom. The molecule has 1 atom stereocenters. The van der Waals surface area contributed by atoms with E-state index < -0.39 is 0 Å². The first-order valence-electron chi connectivity index (χ1n) is 3.87. The smallest absolute Gasteiger partial charge is 0.167 e. The van der Waals surface area contributed by atoms with Crippen molar-refractivity contribution in [3.05, 3.63) is 11.6 Å². The molecule has 5 heteroatoms. The Bertz CT molecular complexity index is 235. The molecule has 12 heavy (non-hydrogen) atoms. The molecule has 5 nitrogen and oxygen atoms in total. The predicted octanol–water partition coefficient (Wildman–Crippen LogP) is 0.149. The number of hydrogen-bond donors (Lipinski definition) is 2. The largest absolute Gasteiger partial charge is 0.385 e. The van der Waals surface area contributed by atoms with Gasteiger partial charge in [0.25, 0.3) is 0 Å². The highest BCUT2D eigenvalue weighted by molar-refractivity contribution is 4.93. The number of aryl methyl sites for hydroxylation is 1. The van der Waals surface area contributed by atoms with Gasteiger partial charge in [0.2, 0.25) is 0 Å². The molecule has 0 aliphatic heterocycles. The molecule has 3 N–H and O–H groups in total. The Balaban J connectivity index is 2.47. The van der Waals surface area contributed by atoms with E-state index in [1.54, 1.807) is 7.11 Å². The second-order valence-corrected chi connectivity index (χ2v) is 2.67. The fourth-order valence-electron chi connectivity index (χ4n) is 0.900. The van der Waals surface area contributed by atoms with Crippen LogP contribution in [0.4, 0.5) is 0 Å². The monoisotopic (exact) mass is 170 g/mol. The molecule has 0 saturated carbocycles. The van der Waals surface area contributed by atoms with Crippen LogP contribution in [0.3, 0.4) is 0 Å². The molecule has 1 aromatic rings. The van der Waals surface area contributed by atoms with Gasteiger partial charge in [-0.05, 0) is 13.3 Å². The maximum Gasteiger partial charge on any atom is 0.167 e. The van der Waals surface area contributed by atoms with Crippen LogP contribution in [0, 0.1) is 6.92 Å². The van der Waals surface area contributed by atoms with Crippen LogP contribution in [0.5, 0.6) is 0 Å². The van der Waals surface area contributed by atoms with Gasteiger partial charge in [0.15, 0.2) is 5.82 Å². The number of rotatable bonds is 4. The number of ether oxygens (including phenoxy) is 1. The second-order valence-electron chi connectivity index (χ2n) is 2.67. The quantitative estimate of drug-likeness (QED) is 0.674. The van der Waals surface area contributed by atoms with E-state index in [2.05, 4.69) is 15.2 Å². The highest BCUT2D eigenvalue weighted by atomic mass is 16.5. The van der Waals surface area contributed by atoms with Crippen molar-refractivity contribution in [2.45, 2.75) is 19.4 Å². The highest BCUT2D eigenvalue weighted by Gasteiger charge is 2.09. The maximum atomic E-state index is 5.77. The van der Waals surface area contributed by atoms with Gasteiger partial charge in [0.1, 0.15) is 5.82 Å². The average molecular weight is 170 g/mol. The molecule has 0 radical (unpaired) electrons. The summed E-state index contributed by atoms with van der Waals surface area (Å²) in [5.74, 6) is 1.45. The lowest BCUT2D eigenvalue weighted by molar-refractivity contribution is 0.187. The summed E-state index contributed by atoms with van der Waals surface area (Å²) < 4.78 is 4.90. The summed E-state index contributed by atoms with van der Waals surface area (Å²) in [6.45, 7) is 2.48. The van der Waals surface area contributed by atoms with Crippen molar-refractivity contribution < 1.29 is 4.74 Å². The standard InChI is InChI=1S/C7H14N4O/c1-5-9-7(11-10-5)6(8)3-4-12-2/h6H,3-4,8H2,1-2H3,(H,9,10,11). The first-order valence-corrected chi connectivity index (χ1v) is 3.87. The summed E-state index contributed by atoms with van der Waals surface area (Å²) in [5.41, 5.74) is 5.77. The van der Waals surface area contributed by atoms with E-state index in [1.807, 2.05) is 6.92 Å². The van der Waals surface area contributed by atoms with Crippen molar-refractivity contribution in [2.75, 3.05) is 13.7 Å². The number of methoxy groups -OCH3 is 1. The van der Waals surface area contributed by atoms with E-state index in [4.69, 9.17) is 10.5 Å². The summed E-state index contributed by atoms with van der Waals surface area (Å²) in [6.07, 6.45) is 0.744. The Hall–Kier alpha value is -0.940. The fraction of sp³-hybridized carbons (Fsp3) is 0.714. The Morgan fingerprint density at radius 3 is 2.92 bits per heavy atom. The molecule has 0 aromatic carbocycles. The van der Waals surface area contributed by atoms with E-state index in [0.717, 1.165) is 12.2 Å². The highest BCUT2D eigenvalue weighted by Crippen LogP contribution is 2.07. The minimum Gasteiger partial charge on any atom is -0.385 e. The minimum atomic E-state index is -0.130. The normalized spacial score (nSPS) is 13.2. The number of aromatic nitrogens is 3. The lowest BCUT2D eigenvalue weighted by Gasteiger charge is -2.04. The van der Waals surface area contributed by atoms with Crippen LogP contribution in [0.25, 0.3) is 0 Å². The molecule has 0 saturated heterocycles. The van der Waals surface area contributed by atoms with Crippen molar-refractivity contribution in [3.8, 4) is 0 Å². The Morgan fingerprint density at radius 1 is 1.67 bits per heavy atom. The van der Waals surface area contributed by atoms with E-state index in [0.29, 0.717) is 12.4 Å². The maximum absolute atomic E-state index is 5.77. The zero-order chi connectivity index (χ0) is 8.97. The Kier molecular flexibility index (Phi) is 3.19.